The highest BCUT2D eigenvalue weighted by Crippen LogP contribution is 2.36. The van der Waals surface area contributed by atoms with Gasteiger partial charge in [-0.2, -0.15) is 0 Å². The quantitative estimate of drug-likeness (QED) is 0.896. The molecule has 1 heterocycles. The Morgan fingerprint density at radius 3 is 2.81 bits per heavy atom. The first-order chi connectivity index (χ1) is 10.1. The van der Waals surface area contributed by atoms with E-state index in [4.69, 9.17) is 10.5 Å². The van der Waals surface area contributed by atoms with E-state index >= 15 is 0 Å². The lowest BCUT2D eigenvalue weighted by atomic mass is 9.77. The number of fused-ring (bicyclic) bond motifs is 1. The van der Waals surface area contributed by atoms with Crippen LogP contribution in [0.3, 0.4) is 0 Å². The van der Waals surface area contributed by atoms with Crippen molar-refractivity contribution in [3.8, 4) is 5.75 Å². The second kappa shape index (κ2) is 5.68. The van der Waals surface area contributed by atoms with Crippen molar-refractivity contribution in [2.24, 2.45) is 11.7 Å². The van der Waals surface area contributed by atoms with E-state index in [1.807, 2.05) is 24.3 Å². The van der Waals surface area contributed by atoms with Crippen LogP contribution in [0.2, 0.25) is 0 Å². The van der Waals surface area contributed by atoms with Crippen LogP contribution >= 0.6 is 0 Å². The largest absolute Gasteiger partial charge is 0.492 e. The molecule has 0 aromatic heterocycles. The lowest BCUT2D eigenvalue weighted by molar-refractivity contribution is -0.125. The zero-order chi connectivity index (χ0) is 14.9. The first kappa shape index (κ1) is 14.4. The minimum atomic E-state index is -0.221. The third-order valence-corrected chi connectivity index (χ3v) is 5.03. The van der Waals surface area contributed by atoms with Gasteiger partial charge in [-0.15, -0.1) is 0 Å². The highest BCUT2D eigenvalue weighted by molar-refractivity contribution is 5.86. The number of ether oxygens (including phenoxy) is 1. The molecule has 1 aliphatic carbocycles. The maximum Gasteiger partial charge on any atom is 0.231 e. The summed E-state index contributed by atoms with van der Waals surface area (Å²) in [6.45, 7) is 3.21. The number of amides is 1. The van der Waals surface area contributed by atoms with E-state index in [0.717, 1.165) is 42.9 Å². The number of carbonyl (C=O) groups excluding carboxylic acids is 1. The molecule has 1 fully saturated rings. The van der Waals surface area contributed by atoms with Crippen molar-refractivity contribution in [1.29, 1.82) is 0 Å². The van der Waals surface area contributed by atoms with Gasteiger partial charge in [-0.05, 0) is 37.7 Å². The van der Waals surface area contributed by atoms with Gasteiger partial charge in [0.25, 0.3) is 0 Å². The predicted molar refractivity (Wildman–Crippen MR) is 82.2 cm³/mol. The lowest BCUT2D eigenvalue weighted by Crippen LogP contribution is -2.56. The summed E-state index contributed by atoms with van der Waals surface area (Å²) < 4.78 is 5.61. The van der Waals surface area contributed by atoms with Gasteiger partial charge in [0.2, 0.25) is 5.91 Å². The molecule has 4 heteroatoms. The van der Waals surface area contributed by atoms with E-state index in [0.29, 0.717) is 13.2 Å². The van der Waals surface area contributed by atoms with Crippen molar-refractivity contribution in [2.45, 2.75) is 44.1 Å². The summed E-state index contributed by atoms with van der Waals surface area (Å²) in [6, 6.07) is 7.78. The van der Waals surface area contributed by atoms with E-state index in [1.165, 1.54) is 0 Å². The first-order valence-electron chi connectivity index (χ1n) is 7.87. The summed E-state index contributed by atoms with van der Waals surface area (Å²) in [5, 5.41) is 3.24. The number of nitrogens with one attached hydrogen (secondary N) is 1. The minimum Gasteiger partial charge on any atom is -0.492 e. The van der Waals surface area contributed by atoms with Crippen LogP contribution in [0.5, 0.6) is 5.75 Å². The molecule has 1 aromatic rings. The Kier molecular flexibility index (Phi) is 3.89. The topological polar surface area (TPSA) is 64.3 Å². The molecule has 1 aromatic carbocycles. The van der Waals surface area contributed by atoms with Gasteiger partial charge in [-0.25, -0.2) is 0 Å². The number of carbonyl (C=O) groups is 1. The van der Waals surface area contributed by atoms with Gasteiger partial charge in [0, 0.05) is 12.1 Å². The van der Waals surface area contributed by atoms with Crippen molar-refractivity contribution in [1.82, 2.24) is 5.32 Å². The van der Waals surface area contributed by atoms with Crippen LogP contribution in [-0.4, -0.2) is 24.6 Å². The molecule has 2 aliphatic rings. The Hall–Kier alpha value is -1.55. The second-order valence-corrected chi connectivity index (χ2v) is 6.56. The van der Waals surface area contributed by atoms with Crippen molar-refractivity contribution in [2.75, 3.05) is 13.2 Å². The fourth-order valence-electron chi connectivity index (χ4n) is 3.42. The van der Waals surface area contributed by atoms with Gasteiger partial charge in [0.15, 0.2) is 0 Å². The van der Waals surface area contributed by atoms with Crippen molar-refractivity contribution in [3.63, 3.8) is 0 Å². The van der Waals surface area contributed by atoms with E-state index < -0.39 is 0 Å². The van der Waals surface area contributed by atoms with Crippen LogP contribution < -0.4 is 15.8 Å². The number of nitrogens with two attached hydrogens (primary N) is 1. The van der Waals surface area contributed by atoms with Crippen LogP contribution in [0.15, 0.2) is 24.3 Å². The SMILES string of the molecule is CC1CCC(CN)(NC(=O)C2COc3ccccc32)CC1. The molecule has 114 valence electrons. The molecule has 1 unspecified atom stereocenters. The number of para-hydroxylation sites is 1. The molecule has 0 bridgehead atoms. The van der Waals surface area contributed by atoms with Crippen LogP contribution in [0, 0.1) is 5.92 Å². The molecular formula is C17H24N2O2. The summed E-state index contributed by atoms with van der Waals surface area (Å²) in [4.78, 5) is 12.7. The Morgan fingerprint density at radius 1 is 1.38 bits per heavy atom. The minimum absolute atomic E-state index is 0.0555. The zero-order valence-electron chi connectivity index (χ0n) is 12.6. The first-order valence-corrected chi connectivity index (χ1v) is 7.87. The number of hydrogen-bond acceptors (Lipinski definition) is 3. The average Bonchev–Trinajstić information content (AvgIpc) is 2.94. The van der Waals surface area contributed by atoms with Crippen molar-refractivity contribution < 1.29 is 9.53 Å². The van der Waals surface area contributed by atoms with Crippen molar-refractivity contribution >= 4 is 5.91 Å². The Bertz CT molecular complexity index is 521. The summed E-state index contributed by atoms with van der Waals surface area (Å²) in [7, 11) is 0. The van der Waals surface area contributed by atoms with Crippen LogP contribution in [0.25, 0.3) is 0 Å². The molecule has 0 radical (unpaired) electrons. The van der Waals surface area contributed by atoms with E-state index in [1.54, 1.807) is 0 Å². The van der Waals surface area contributed by atoms with Crippen LogP contribution in [-0.2, 0) is 4.79 Å². The highest BCUT2D eigenvalue weighted by Gasteiger charge is 2.38. The third kappa shape index (κ3) is 2.77. The summed E-state index contributed by atoms with van der Waals surface area (Å²) in [5.41, 5.74) is 6.75. The Balaban J connectivity index is 1.72. The number of rotatable bonds is 3. The van der Waals surface area contributed by atoms with E-state index in [-0.39, 0.29) is 17.4 Å². The highest BCUT2D eigenvalue weighted by atomic mass is 16.5. The van der Waals surface area contributed by atoms with Crippen LogP contribution in [0.4, 0.5) is 0 Å². The number of benzene rings is 1. The molecule has 1 atom stereocenters. The molecule has 3 rings (SSSR count). The molecule has 1 saturated carbocycles. The molecule has 0 spiro atoms. The molecule has 1 aliphatic heterocycles. The molecule has 3 N–H and O–H groups in total. The van der Waals surface area contributed by atoms with Gasteiger partial charge in [-0.1, -0.05) is 25.1 Å². The summed E-state index contributed by atoms with van der Waals surface area (Å²) >= 11 is 0. The monoisotopic (exact) mass is 288 g/mol. The fraction of sp³-hybridized carbons (Fsp3) is 0.588. The summed E-state index contributed by atoms with van der Waals surface area (Å²) in [6.07, 6.45) is 4.22. The average molecular weight is 288 g/mol. The standard InChI is InChI=1S/C17H24N2O2/c1-12-6-8-17(11-18,9-7-12)19-16(20)14-10-21-15-5-3-2-4-13(14)15/h2-5,12,14H,6-11,18H2,1H3,(H,19,20). The van der Waals surface area contributed by atoms with Gasteiger partial charge in [-0.3, -0.25) is 4.79 Å². The second-order valence-electron chi connectivity index (χ2n) is 6.56. The zero-order valence-corrected chi connectivity index (χ0v) is 12.6. The van der Waals surface area contributed by atoms with E-state index in [9.17, 15) is 4.79 Å². The van der Waals surface area contributed by atoms with Crippen molar-refractivity contribution in [3.05, 3.63) is 29.8 Å². The van der Waals surface area contributed by atoms with Gasteiger partial charge in [0.05, 0.1) is 5.54 Å². The lowest BCUT2D eigenvalue weighted by Gasteiger charge is -2.39. The maximum absolute atomic E-state index is 12.7. The smallest absolute Gasteiger partial charge is 0.231 e. The third-order valence-electron chi connectivity index (χ3n) is 5.03. The van der Waals surface area contributed by atoms with Gasteiger partial charge < -0.3 is 15.8 Å². The molecule has 0 saturated heterocycles. The molecule has 21 heavy (non-hydrogen) atoms. The van der Waals surface area contributed by atoms with Gasteiger partial charge >= 0.3 is 0 Å². The van der Waals surface area contributed by atoms with Crippen LogP contribution in [0.1, 0.15) is 44.1 Å². The number of hydrogen-bond donors (Lipinski definition) is 2. The van der Waals surface area contributed by atoms with Gasteiger partial charge in [0.1, 0.15) is 18.3 Å². The Morgan fingerprint density at radius 2 is 2.10 bits per heavy atom. The Labute approximate surface area is 126 Å². The fourth-order valence-corrected chi connectivity index (χ4v) is 3.42. The maximum atomic E-state index is 12.7. The molecule has 4 nitrogen and oxygen atoms in total. The normalized spacial score (nSPS) is 31.3. The predicted octanol–water partition coefficient (Wildman–Crippen LogP) is 2.19. The molecule has 1 amide bonds. The summed E-state index contributed by atoms with van der Waals surface area (Å²) in [5.74, 6) is 1.41. The molecular weight excluding hydrogens is 264 g/mol. The van der Waals surface area contributed by atoms with E-state index in [2.05, 4.69) is 12.2 Å².